The van der Waals surface area contributed by atoms with E-state index in [-0.39, 0.29) is 5.91 Å². The molecule has 1 unspecified atom stereocenters. The third kappa shape index (κ3) is 28.0. The summed E-state index contributed by atoms with van der Waals surface area (Å²) in [4.78, 5) is 22.1. The second-order valence-electron chi connectivity index (χ2n) is 7.28. The number of carbonyl (C=O) groups excluding carboxylic acids is 2. The van der Waals surface area contributed by atoms with Crippen molar-refractivity contribution in [3.8, 4) is 0 Å². The van der Waals surface area contributed by atoms with E-state index in [0.29, 0.717) is 12.5 Å². The number of aliphatic carboxylic acids is 1. The van der Waals surface area contributed by atoms with Crippen LogP contribution < -0.4 is 15.3 Å². The van der Waals surface area contributed by atoms with E-state index in [1.54, 1.807) is 0 Å². The van der Waals surface area contributed by atoms with Gasteiger partial charge in [0.25, 0.3) is 0 Å². The first-order chi connectivity index (χ1) is 11.8. The molecule has 2 N–H and O–H groups in total. The lowest BCUT2D eigenvalue weighted by Gasteiger charge is -2.15. The first-order valence-corrected chi connectivity index (χ1v) is 10.1. The lowest BCUT2D eigenvalue weighted by Crippen LogP contribution is -3.05. The first kappa shape index (κ1) is 26.1. The molecule has 0 bridgehead atoms. The van der Waals surface area contributed by atoms with E-state index < -0.39 is 5.97 Å². The Balaban J connectivity index is 0. The van der Waals surface area contributed by atoms with E-state index in [1.807, 2.05) is 0 Å². The topological polar surface area (TPSA) is 73.7 Å². The highest BCUT2D eigenvalue weighted by atomic mass is 16.4. The van der Waals surface area contributed by atoms with Gasteiger partial charge in [0.1, 0.15) is 0 Å². The maximum absolute atomic E-state index is 11.8. The Hall–Kier alpha value is -1.10. The van der Waals surface area contributed by atoms with Crippen molar-refractivity contribution in [1.29, 1.82) is 0 Å². The molecule has 5 heteroatoms. The third-order valence-electron chi connectivity index (χ3n) is 3.99. The van der Waals surface area contributed by atoms with Crippen molar-refractivity contribution in [2.24, 2.45) is 0 Å². The number of rotatable bonds is 14. The molecule has 0 aliphatic rings. The largest absolute Gasteiger partial charge is 0.550 e. The predicted octanol–water partition coefficient (Wildman–Crippen LogP) is 1.70. The summed E-state index contributed by atoms with van der Waals surface area (Å²) in [6.45, 7) is 6.45. The Morgan fingerprint density at radius 3 is 1.84 bits per heavy atom. The zero-order valence-electron chi connectivity index (χ0n) is 17.3. The Morgan fingerprint density at radius 1 is 0.960 bits per heavy atom. The molecule has 0 aromatic rings. The van der Waals surface area contributed by atoms with Gasteiger partial charge in [0.2, 0.25) is 5.91 Å². The third-order valence-corrected chi connectivity index (χ3v) is 3.99. The van der Waals surface area contributed by atoms with E-state index in [0.717, 1.165) is 26.3 Å². The van der Waals surface area contributed by atoms with Crippen LogP contribution in [0.15, 0.2) is 0 Å². The monoisotopic (exact) mass is 358 g/mol. The van der Waals surface area contributed by atoms with Crippen LogP contribution in [0.2, 0.25) is 0 Å². The molecule has 0 fully saturated rings. The van der Waals surface area contributed by atoms with Gasteiger partial charge in [-0.25, -0.2) is 0 Å². The molecule has 0 radical (unpaired) electrons. The lowest BCUT2D eigenvalue weighted by atomic mass is 10.1. The number of carboxylic acid groups (broad SMARTS) is 1. The zero-order valence-corrected chi connectivity index (χ0v) is 17.3. The number of amides is 1. The minimum atomic E-state index is -1.08. The fourth-order valence-electron chi connectivity index (χ4n) is 2.52. The van der Waals surface area contributed by atoms with Crippen molar-refractivity contribution in [3.63, 3.8) is 0 Å². The molecule has 150 valence electrons. The second-order valence-corrected chi connectivity index (χ2v) is 7.28. The quantitative estimate of drug-likeness (QED) is 0.464. The summed E-state index contributed by atoms with van der Waals surface area (Å²) in [6, 6.07) is 0.311. The van der Waals surface area contributed by atoms with Crippen LogP contribution in [0.25, 0.3) is 0 Å². The van der Waals surface area contributed by atoms with Crippen molar-refractivity contribution < 1.29 is 19.6 Å². The summed E-state index contributed by atoms with van der Waals surface area (Å²) in [5, 5.41) is 12.0. The van der Waals surface area contributed by atoms with Gasteiger partial charge in [-0.1, -0.05) is 58.3 Å². The maximum Gasteiger partial charge on any atom is 0.220 e. The minimum Gasteiger partial charge on any atom is -0.550 e. The van der Waals surface area contributed by atoms with Gasteiger partial charge >= 0.3 is 0 Å². The molecule has 0 aromatic heterocycles. The Labute approximate surface area is 155 Å². The highest BCUT2D eigenvalue weighted by Gasteiger charge is 2.08. The first-order valence-electron chi connectivity index (χ1n) is 10.1. The SMILES string of the molecule is CC(=O)[O-].CCCCCCCCCCCC(=O)NC(C)CC[NH+](C)C. The minimum absolute atomic E-state index is 0.235. The van der Waals surface area contributed by atoms with Gasteiger partial charge in [-0.2, -0.15) is 0 Å². The van der Waals surface area contributed by atoms with Crippen molar-refractivity contribution >= 4 is 11.9 Å². The van der Waals surface area contributed by atoms with Crippen molar-refractivity contribution in [1.82, 2.24) is 5.32 Å². The number of hydrogen-bond acceptors (Lipinski definition) is 3. The summed E-state index contributed by atoms with van der Waals surface area (Å²) >= 11 is 0. The van der Waals surface area contributed by atoms with Crippen LogP contribution in [0.3, 0.4) is 0 Å². The van der Waals surface area contributed by atoms with E-state index in [2.05, 4.69) is 33.3 Å². The summed E-state index contributed by atoms with van der Waals surface area (Å²) < 4.78 is 0. The highest BCUT2D eigenvalue weighted by Crippen LogP contribution is 2.10. The van der Waals surface area contributed by atoms with Gasteiger partial charge in [-0.15, -0.1) is 0 Å². The molecule has 0 aliphatic heterocycles. The fourth-order valence-corrected chi connectivity index (χ4v) is 2.52. The lowest BCUT2D eigenvalue weighted by molar-refractivity contribution is -0.858. The van der Waals surface area contributed by atoms with Crippen molar-refractivity contribution in [2.45, 2.75) is 97.4 Å². The summed E-state index contributed by atoms with van der Waals surface area (Å²) in [7, 11) is 4.30. The molecule has 25 heavy (non-hydrogen) atoms. The van der Waals surface area contributed by atoms with Crippen LogP contribution in [0.1, 0.15) is 91.4 Å². The average molecular weight is 359 g/mol. The number of unbranched alkanes of at least 4 members (excludes halogenated alkanes) is 8. The van der Waals surface area contributed by atoms with Crippen LogP contribution in [0, 0.1) is 0 Å². The number of carbonyl (C=O) groups is 2. The standard InChI is InChI=1S/C18H38N2O.C2H4O2/c1-5-6-7-8-9-10-11-12-13-14-18(21)19-17(2)15-16-20(3)4;1-2(3)4/h17H,5-16H2,1-4H3,(H,19,21);1H3,(H,3,4). The van der Waals surface area contributed by atoms with Crippen LogP contribution in [-0.4, -0.2) is 38.6 Å². The predicted molar refractivity (Wildman–Crippen MR) is 102 cm³/mol. The summed E-state index contributed by atoms with van der Waals surface area (Å²) in [5.74, 6) is -0.848. The Kier molecular flexibility index (Phi) is 20.1. The summed E-state index contributed by atoms with van der Waals surface area (Å²) in [6.07, 6.45) is 13.5. The average Bonchev–Trinajstić information content (AvgIpc) is 2.50. The van der Waals surface area contributed by atoms with Crippen molar-refractivity contribution in [3.05, 3.63) is 0 Å². The summed E-state index contributed by atoms with van der Waals surface area (Å²) in [5.41, 5.74) is 0. The Morgan fingerprint density at radius 2 is 1.40 bits per heavy atom. The van der Waals surface area contributed by atoms with E-state index in [9.17, 15) is 4.79 Å². The maximum atomic E-state index is 11.8. The van der Waals surface area contributed by atoms with Gasteiger partial charge in [0.05, 0.1) is 20.6 Å². The number of hydrogen-bond donors (Lipinski definition) is 2. The van der Waals surface area contributed by atoms with E-state index >= 15 is 0 Å². The van der Waals surface area contributed by atoms with Gasteiger partial charge in [-0.05, 0) is 20.3 Å². The molecule has 0 rings (SSSR count). The molecule has 0 aromatic carbocycles. The molecular formula is C20H42N2O3. The molecule has 0 spiro atoms. The van der Waals surface area contributed by atoms with E-state index in [4.69, 9.17) is 9.90 Å². The van der Waals surface area contributed by atoms with Crippen LogP contribution in [0.4, 0.5) is 0 Å². The van der Waals surface area contributed by atoms with Crippen LogP contribution in [0.5, 0.6) is 0 Å². The molecule has 1 atom stereocenters. The van der Waals surface area contributed by atoms with Gasteiger partial charge in [0.15, 0.2) is 0 Å². The molecular weight excluding hydrogens is 316 g/mol. The fraction of sp³-hybridized carbons (Fsp3) is 0.900. The molecule has 0 aliphatic carbocycles. The molecule has 1 amide bonds. The van der Waals surface area contributed by atoms with Crippen LogP contribution in [-0.2, 0) is 9.59 Å². The van der Waals surface area contributed by atoms with Crippen LogP contribution >= 0.6 is 0 Å². The second kappa shape index (κ2) is 19.2. The normalized spacial score (nSPS) is 11.6. The van der Waals surface area contributed by atoms with Crippen molar-refractivity contribution in [2.75, 3.05) is 20.6 Å². The zero-order chi connectivity index (χ0) is 19.5. The molecule has 0 heterocycles. The van der Waals surface area contributed by atoms with E-state index in [1.165, 1.54) is 56.3 Å². The number of quaternary nitrogens is 1. The smallest absolute Gasteiger partial charge is 0.220 e. The molecule has 0 saturated heterocycles. The van der Waals surface area contributed by atoms with Gasteiger partial charge in [-0.3, -0.25) is 4.79 Å². The molecule has 5 nitrogen and oxygen atoms in total. The number of carboxylic acids is 1. The highest BCUT2D eigenvalue weighted by molar-refractivity contribution is 5.76. The van der Waals surface area contributed by atoms with Gasteiger partial charge in [0, 0.05) is 24.9 Å². The molecule has 0 saturated carbocycles. The number of nitrogens with one attached hydrogen (secondary N) is 2. The Bertz CT molecular complexity index is 316. The van der Waals surface area contributed by atoms with Gasteiger partial charge < -0.3 is 20.1 Å².